The van der Waals surface area contributed by atoms with Crippen LogP contribution in [0, 0.1) is 16.7 Å². The van der Waals surface area contributed by atoms with Crippen molar-refractivity contribution in [2.75, 3.05) is 5.32 Å². The molecule has 2 fully saturated rings. The maximum atomic E-state index is 12.7. The summed E-state index contributed by atoms with van der Waals surface area (Å²) in [6.45, 7) is 3.86. The molecule has 2 saturated carbocycles. The van der Waals surface area contributed by atoms with Crippen LogP contribution in [0.15, 0.2) is 12.3 Å². The van der Waals surface area contributed by atoms with Gasteiger partial charge in [0.15, 0.2) is 11.6 Å². The second-order valence-electron chi connectivity index (χ2n) is 6.51. The van der Waals surface area contributed by atoms with Crippen LogP contribution >= 0.6 is 23.2 Å². The fraction of sp³-hybridized carbons (Fsp3) is 0.533. The minimum absolute atomic E-state index is 0.0360. The molecule has 1 amide bonds. The Bertz CT molecular complexity index is 645. The minimum atomic E-state index is -0.918. The van der Waals surface area contributed by atoms with Gasteiger partial charge in [0.05, 0.1) is 10.0 Å². The molecule has 112 valence electrons. The summed E-state index contributed by atoms with van der Waals surface area (Å²) < 4.78 is 0. The molecular formula is C15H16Cl2N2O2. The van der Waals surface area contributed by atoms with E-state index in [9.17, 15) is 9.59 Å². The van der Waals surface area contributed by atoms with Gasteiger partial charge in [0.2, 0.25) is 5.91 Å². The first-order valence-corrected chi connectivity index (χ1v) is 7.70. The normalized spacial score (nSPS) is 29.7. The Balaban J connectivity index is 1.88. The molecule has 2 aliphatic rings. The van der Waals surface area contributed by atoms with E-state index in [0.717, 1.165) is 6.42 Å². The predicted octanol–water partition coefficient (Wildman–Crippen LogP) is 3.72. The number of hydrogen-bond acceptors (Lipinski definition) is 3. The standard InChI is InChI=1S/C15H16Cl2N2O2/c1-14(2)8-3-4-15(6-8,12(14)20)13(21)19-11-10(17)5-9(16)7-18-11/h5,7-8H,3-4,6H2,1-2H3,(H,18,19,21). The van der Waals surface area contributed by atoms with E-state index >= 15 is 0 Å². The number of Topliss-reactive ketones (excluding diaryl/α,β-unsaturated/α-hetero) is 1. The van der Waals surface area contributed by atoms with Crippen molar-refractivity contribution in [3.8, 4) is 0 Å². The van der Waals surface area contributed by atoms with E-state index < -0.39 is 10.8 Å². The second kappa shape index (κ2) is 4.68. The summed E-state index contributed by atoms with van der Waals surface area (Å²) in [5.74, 6) is 0.275. The smallest absolute Gasteiger partial charge is 0.239 e. The number of pyridine rings is 1. The molecule has 0 spiro atoms. The Labute approximate surface area is 133 Å². The van der Waals surface area contributed by atoms with Crippen LogP contribution in [0.4, 0.5) is 5.82 Å². The molecule has 1 aromatic heterocycles. The van der Waals surface area contributed by atoms with Gasteiger partial charge >= 0.3 is 0 Å². The highest BCUT2D eigenvalue weighted by molar-refractivity contribution is 6.36. The number of fused-ring (bicyclic) bond motifs is 2. The zero-order valence-corrected chi connectivity index (χ0v) is 13.4. The van der Waals surface area contributed by atoms with E-state index in [2.05, 4.69) is 10.3 Å². The van der Waals surface area contributed by atoms with Crippen molar-refractivity contribution in [1.29, 1.82) is 0 Å². The molecular weight excluding hydrogens is 311 g/mol. The number of rotatable bonds is 2. The van der Waals surface area contributed by atoms with Gasteiger partial charge in [-0.05, 0) is 31.2 Å². The Hall–Kier alpha value is -1.13. The molecule has 0 radical (unpaired) electrons. The van der Waals surface area contributed by atoms with Crippen molar-refractivity contribution in [1.82, 2.24) is 4.98 Å². The quantitative estimate of drug-likeness (QED) is 0.842. The summed E-state index contributed by atoms with van der Waals surface area (Å²) in [5.41, 5.74) is -1.34. The first kappa shape index (κ1) is 14.8. The number of nitrogens with zero attached hydrogens (tertiary/aromatic N) is 1. The highest BCUT2D eigenvalue weighted by atomic mass is 35.5. The number of ketones is 1. The lowest BCUT2D eigenvalue weighted by Gasteiger charge is -2.32. The fourth-order valence-corrected chi connectivity index (χ4v) is 4.14. The number of nitrogens with one attached hydrogen (secondary N) is 1. The molecule has 0 aliphatic heterocycles. The van der Waals surface area contributed by atoms with E-state index in [4.69, 9.17) is 23.2 Å². The van der Waals surface area contributed by atoms with E-state index in [0.29, 0.717) is 17.9 Å². The maximum Gasteiger partial charge on any atom is 0.239 e. The Morgan fingerprint density at radius 1 is 1.43 bits per heavy atom. The molecule has 2 unspecified atom stereocenters. The molecule has 0 aromatic carbocycles. The van der Waals surface area contributed by atoms with Crippen molar-refractivity contribution in [2.45, 2.75) is 33.1 Å². The highest BCUT2D eigenvalue weighted by Crippen LogP contribution is 2.60. The summed E-state index contributed by atoms with van der Waals surface area (Å²) in [6.07, 6.45) is 3.55. The largest absolute Gasteiger partial charge is 0.309 e. The first-order chi connectivity index (χ1) is 9.77. The monoisotopic (exact) mass is 326 g/mol. The van der Waals surface area contributed by atoms with Crippen LogP contribution in [0.1, 0.15) is 33.1 Å². The van der Waals surface area contributed by atoms with Gasteiger partial charge in [0.25, 0.3) is 0 Å². The first-order valence-electron chi connectivity index (χ1n) is 6.95. The van der Waals surface area contributed by atoms with Gasteiger partial charge in [0, 0.05) is 11.6 Å². The maximum absolute atomic E-state index is 12.7. The van der Waals surface area contributed by atoms with Crippen LogP contribution < -0.4 is 5.32 Å². The number of hydrogen-bond donors (Lipinski definition) is 1. The van der Waals surface area contributed by atoms with Crippen molar-refractivity contribution in [2.24, 2.45) is 16.7 Å². The number of aromatic nitrogens is 1. The lowest BCUT2D eigenvalue weighted by molar-refractivity contribution is -0.142. The van der Waals surface area contributed by atoms with Crippen LogP contribution in [0.25, 0.3) is 0 Å². The zero-order valence-electron chi connectivity index (χ0n) is 11.9. The molecule has 3 rings (SSSR count). The fourth-order valence-electron chi connectivity index (χ4n) is 3.71. The van der Waals surface area contributed by atoms with Gasteiger partial charge in [-0.15, -0.1) is 0 Å². The average Bonchev–Trinajstić information content (AvgIpc) is 2.93. The van der Waals surface area contributed by atoms with Gasteiger partial charge in [-0.2, -0.15) is 0 Å². The van der Waals surface area contributed by atoms with Crippen molar-refractivity contribution in [3.63, 3.8) is 0 Å². The van der Waals surface area contributed by atoms with Crippen LogP contribution in [0.5, 0.6) is 0 Å². The molecule has 2 aliphatic carbocycles. The molecule has 4 nitrogen and oxygen atoms in total. The number of anilines is 1. The molecule has 2 bridgehead atoms. The van der Waals surface area contributed by atoms with E-state index in [1.165, 1.54) is 12.3 Å². The lowest BCUT2D eigenvalue weighted by atomic mass is 9.70. The third kappa shape index (κ3) is 2.08. The zero-order chi connectivity index (χ0) is 15.4. The number of amides is 1. The number of carbonyl (C=O) groups is 2. The van der Waals surface area contributed by atoms with Gasteiger partial charge in [-0.1, -0.05) is 37.0 Å². The van der Waals surface area contributed by atoms with Gasteiger partial charge in [0.1, 0.15) is 5.41 Å². The summed E-state index contributed by atoms with van der Waals surface area (Å²) in [6, 6.07) is 1.52. The molecule has 1 N–H and O–H groups in total. The van der Waals surface area contributed by atoms with Crippen molar-refractivity contribution >= 4 is 40.7 Å². The van der Waals surface area contributed by atoms with Crippen LogP contribution in [0.3, 0.4) is 0 Å². The molecule has 1 aromatic rings. The summed E-state index contributed by atoms with van der Waals surface area (Å²) >= 11 is 11.8. The lowest BCUT2D eigenvalue weighted by Crippen LogP contribution is -2.44. The third-order valence-electron chi connectivity index (χ3n) is 5.03. The molecule has 1 heterocycles. The van der Waals surface area contributed by atoms with Crippen molar-refractivity contribution in [3.05, 3.63) is 22.3 Å². The van der Waals surface area contributed by atoms with Gasteiger partial charge in [-0.3, -0.25) is 9.59 Å². The van der Waals surface area contributed by atoms with Crippen LogP contribution in [-0.4, -0.2) is 16.7 Å². The minimum Gasteiger partial charge on any atom is -0.309 e. The summed E-state index contributed by atoms with van der Waals surface area (Å²) in [7, 11) is 0. The molecule has 21 heavy (non-hydrogen) atoms. The third-order valence-corrected chi connectivity index (χ3v) is 5.52. The van der Waals surface area contributed by atoms with E-state index in [-0.39, 0.29) is 28.4 Å². The molecule has 6 heteroatoms. The molecule has 0 saturated heterocycles. The number of halogens is 2. The Morgan fingerprint density at radius 3 is 2.71 bits per heavy atom. The number of carbonyl (C=O) groups excluding carboxylic acids is 2. The van der Waals surface area contributed by atoms with Crippen LogP contribution in [-0.2, 0) is 9.59 Å². The molecule has 2 atom stereocenters. The van der Waals surface area contributed by atoms with E-state index in [1.54, 1.807) is 0 Å². The SMILES string of the molecule is CC1(C)C(=O)C2(C(=O)Nc3ncc(Cl)cc3Cl)CCC1C2. The Kier molecular flexibility index (Phi) is 3.30. The second-order valence-corrected chi connectivity index (χ2v) is 7.35. The van der Waals surface area contributed by atoms with Crippen molar-refractivity contribution < 1.29 is 9.59 Å². The predicted molar refractivity (Wildman–Crippen MR) is 81.4 cm³/mol. The topological polar surface area (TPSA) is 59.1 Å². The van der Waals surface area contributed by atoms with Crippen LogP contribution in [0.2, 0.25) is 10.0 Å². The summed E-state index contributed by atoms with van der Waals surface area (Å²) in [5, 5.41) is 3.37. The average molecular weight is 327 g/mol. The summed E-state index contributed by atoms with van der Waals surface area (Å²) in [4.78, 5) is 29.3. The van der Waals surface area contributed by atoms with E-state index in [1.807, 2.05) is 13.8 Å². The van der Waals surface area contributed by atoms with Gasteiger partial charge in [-0.25, -0.2) is 4.98 Å². The van der Waals surface area contributed by atoms with Gasteiger partial charge < -0.3 is 5.32 Å². The Morgan fingerprint density at radius 2 is 2.14 bits per heavy atom. The highest BCUT2D eigenvalue weighted by Gasteiger charge is 2.65.